The average Bonchev–Trinajstić information content (AvgIpc) is 2.90. The van der Waals surface area contributed by atoms with Crippen LogP contribution in [0.2, 0.25) is 0 Å². The highest BCUT2D eigenvalue weighted by Gasteiger charge is 2.46. The molecule has 1 N–H and O–H groups in total. The van der Waals surface area contributed by atoms with Crippen LogP contribution in [0.3, 0.4) is 0 Å². The highest BCUT2D eigenvalue weighted by Crippen LogP contribution is 2.44. The van der Waals surface area contributed by atoms with E-state index in [9.17, 15) is 13.2 Å². The van der Waals surface area contributed by atoms with Crippen LogP contribution >= 0.6 is 0 Å². The molecule has 3 nitrogen and oxygen atoms in total. The number of hydrogen-bond donors (Lipinski definition) is 1. The Hall–Kier alpha value is -2.11. The molecule has 6 heteroatoms. The van der Waals surface area contributed by atoms with Gasteiger partial charge in [0.2, 0.25) is 0 Å². The molecular formula is C16H16F3NO2. The number of halogens is 3. The average molecular weight is 311 g/mol. The van der Waals surface area contributed by atoms with Gasteiger partial charge < -0.3 is 9.57 Å². The van der Waals surface area contributed by atoms with E-state index in [1.165, 1.54) is 0 Å². The molecule has 1 atom stereocenters. The van der Waals surface area contributed by atoms with Gasteiger partial charge in [-0.3, -0.25) is 0 Å². The number of rotatable bonds is 2. The molecule has 0 fully saturated rings. The van der Waals surface area contributed by atoms with Crippen molar-refractivity contribution >= 4 is 6.08 Å². The molecule has 0 spiro atoms. The second kappa shape index (κ2) is 5.59. The standard InChI is InChI=1S/C16H16F3NO2/c1-21-11-7-5-10(6-8-11)9-14-12-3-2-4-13(16(17,18)19)15(12)20-22-14/h5-9,13,20H,2-4H2,1H3/b14-9+. The van der Waals surface area contributed by atoms with Gasteiger partial charge in [-0.25, -0.2) is 5.48 Å². The Balaban J connectivity index is 1.89. The van der Waals surface area contributed by atoms with Gasteiger partial charge in [-0.15, -0.1) is 0 Å². The number of nitrogens with one attached hydrogen (secondary N) is 1. The van der Waals surface area contributed by atoms with Crippen LogP contribution in [0.1, 0.15) is 24.8 Å². The zero-order valence-corrected chi connectivity index (χ0v) is 12.0. The lowest BCUT2D eigenvalue weighted by molar-refractivity contribution is -0.170. The predicted octanol–water partition coefficient (Wildman–Crippen LogP) is 4.19. The summed E-state index contributed by atoms with van der Waals surface area (Å²) in [6.45, 7) is 0. The van der Waals surface area contributed by atoms with Gasteiger partial charge in [0.15, 0.2) is 5.76 Å². The van der Waals surface area contributed by atoms with Gasteiger partial charge in [-0.2, -0.15) is 13.2 Å². The summed E-state index contributed by atoms with van der Waals surface area (Å²) in [5, 5.41) is 0. The molecule has 1 aromatic carbocycles. The number of allylic oxidation sites excluding steroid dienone is 2. The summed E-state index contributed by atoms with van der Waals surface area (Å²) in [4.78, 5) is 5.29. The number of methoxy groups -OCH3 is 1. The largest absolute Gasteiger partial charge is 0.497 e. The molecule has 0 aromatic heterocycles. The predicted molar refractivity (Wildman–Crippen MR) is 75.6 cm³/mol. The Morgan fingerprint density at radius 3 is 2.64 bits per heavy atom. The van der Waals surface area contributed by atoms with E-state index in [1.807, 2.05) is 12.1 Å². The second-order valence-corrected chi connectivity index (χ2v) is 5.36. The van der Waals surface area contributed by atoms with Crippen LogP contribution < -0.4 is 10.2 Å². The zero-order valence-electron chi connectivity index (χ0n) is 12.0. The monoisotopic (exact) mass is 311 g/mol. The number of hydrogen-bond acceptors (Lipinski definition) is 3. The van der Waals surface area contributed by atoms with E-state index < -0.39 is 12.1 Å². The van der Waals surface area contributed by atoms with Crippen molar-refractivity contribution in [2.24, 2.45) is 5.92 Å². The molecule has 22 heavy (non-hydrogen) atoms. The smallest absolute Gasteiger partial charge is 0.397 e. The molecule has 0 bridgehead atoms. The van der Waals surface area contributed by atoms with Gasteiger partial charge in [0.05, 0.1) is 18.7 Å². The van der Waals surface area contributed by atoms with Crippen molar-refractivity contribution in [2.45, 2.75) is 25.4 Å². The highest BCUT2D eigenvalue weighted by molar-refractivity contribution is 5.59. The summed E-state index contributed by atoms with van der Waals surface area (Å²) < 4.78 is 44.2. The molecule has 1 aliphatic heterocycles. The van der Waals surface area contributed by atoms with Crippen LogP contribution in [0.25, 0.3) is 6.08 Å². The summed E-state index contributed by atoms with van der Waals surface area (Å²) in [6.07, 6.45) is -1.29. The third-order valence-electron chi connectivity index (χ3n) is 3.97. The van der Waals surface area contributed by atoms with Gasteiger partial charge in [-0.05, 0) is 43.0 Å². The minimum atomic E-state index is -4.24. The Bertz CT molecular complexity index is 617. The third kappa shape index (κ3) is 2.77. The molecule has 3 rings (SSSR count). The fraction of sp³-hybridized carbons (Fsp3) is 0.375. The lowest BCUT2D eigenvalue weighted by Gasteiger charge is -2.24. The normalized spacial score (nSPS) is 23.1. The summed E-state index contributed by atoms with van der Waals surface area (Å²) >= 11 is 0. The van der Waals surface area contributed by atoms with E-state index >= 15 is 0 Å². The number of benzene rings is 1. The van der Waals surface area contributed by atoms with Crippen molar-refractivity contribution in [1.82, 2.24) is 5.48 Å². The maximum absolute atomic E-state index is 13.1. The molecule has 0 saturated carbocycles. The summed E-state index contributed by atoms with van der Waals surface area (Å²) in [6, 6.07) is 7.25. The molecule has 2 aliphatic rings. The van der Waals surface area contributed by atoms with Gasteiger partial charge in [0.25, 0.3) is 0 Å². The molecule has 1 heterocycles. The van der Waals surface area contributed by atoms with Crippen molar-refractivity contribution < 1.29 is 22.7 Å². The first-order valence-electron chi connectivity index (χ1n) is 7.08. The first-order valence-corrected chi connectivity index (χ1v) is 7.08. The zero-order chi connectivity index (χ0) is 15.7. The Kier molecular flexibility index (Phi) is 3.76. The molecule has 118 valence electrons. The van der Waals surface area contributed by atoms with Gasteiger partial charge in [0.1, 0.15) is 5.75 Å². The minimum absolute atomic E-state index is 0.106. The Morgan fingerprint density at radius 2 is 2.00 bits per heavy atom. The molecular weight excluding hydrogens is 295 g/mol. The minimum Gasteiger partial charge on any atom is -0.497 e. The van der Waals surface area contributed by atoms with E-state index in [4.69, 9.17) is 9.57 Å². The van der Waals surface area contributed by atoms with Crippen LogP contribution in [0.5, 0.6) is 5.75 Å². The lowest BCUT2D eigenvalue weighted by atomic mass is 9.86. The van der Waals surface area contributed by atoms with E-state index in [0.29, 0.717) is 24.2 Å². The molecule has 0 radical (unpaired) electrons. The molecule has 1 aliphatic carbocycles. The fourth-order valence-corrected chi connectivity index (χ4v) is 2.83. The topological polar surface area (TPSA) is 30.5 Å². The Labute approximate surface area is 126 Å². The molecule has 1 aromatic rings. The van der Waals surface area contributed by atoms with E-state index in [2.05, 4.69) is 5.48 Å². The van der Waals surface area contributed by atoms with Gasteiger partial charge >= 0.3 is 6.18 Å². The number of ether oxygens (including phenoxy) is 1. The van der Waals surface area contributed by atoms with Crippen LogP contribution in [0.4, 0.5) is 13.2 Å². The maximum Gasteiger partial charge on any atom is 0.397 e. The fourth-order valence-electron chi connectivity index (χ4n) is 2.83. The van der Waals surface area contributed by atoms with Crippen LogP contribution in [-0.4, -0.2) is 13.3 Å². The Morgan fingerprint density at radius 1 is 1.27 bits per heavy atom. The molecule has 0 saturated heterocycles. The summed E-state index contributed by atoms with van der Waals surface area (Å²) in [5.41, 5.74) is 4.12. The SMILES string of the molecule is COc1ccc(/C=C2/ONC3=C2CCCC3C(F)(F)F)cc1. The van der Waals surface area contributed by atoms with Crippen molar-refractivity contribution in [3.05, 3.63) is 46.9 Å². The van der Waals surface area contributed by atoms with E-state index in [-0.39, 0.29) is 12.1 Å². The first kappa shape index (κ1) is 14.8. The highest BCUT2D eigenvalue weighted by atomic mass is 19.4. The van der Waals surface area contributed by atoms with Crippen molar-refractivity contribution in [1.29, 1.82) is 0 Å². The second-order valence-electron chi connectivity index (χ2n) is 5.36. The number of hydroxylamine groups is 1. The quantitative estimate of drug-likeness (QED) is 0.888. The van der Waals surface area contributed by atoms with Crippen molar-refractivity contribution in [2.75, 3.05) is 7.11 Å². The maximum atomic E-state index is 13.1. The van der Waals surface area contributed by atoms with Crippen LogP contribution in [-0.2, 0) is 4.84 Å². The van der Waals surface area contributed by atoms with Gasteiger partial charge in [0, 0.05) is 5.57 Å². The van der Waals surface area contributed by atoms with E-state index in [1.54, 1.807) is 25.3 Å². The van der Waals surface area contributed by atoms with E-state index in [0.717, 1.165) is 11.3 Å². The van der Waals surface area contributed by atoms with Crippen LogP contribution in [0, 0.1) is 5.92 Å². The van der Waals surface area contributed by atoms with Crippen LogP contribution in [0.15, 0.2) is 41.3 Å². The van der Waals surface area contributed by atoms with Crippen molar-refractivity contribution in [3.63, 3.8) is 0 Å². The van der Waals surface area contributed by atoms with Gasteiger partial charge in [-0.1, -0.05) is 12.1 Å². The third-order valence-corrected chi connectivity index (χ3v) is 3.97. The van der Waals surface area contributed by atoms with Crippen molar-refractivity contribution in [3.8, 4) is 5.75 Å². The number of alkyl halides is 3. The molecule has 1 unspecified atom stereocenters. The lowest BCUT2D eigenvalue weighted by Crippen LogP contribution is -2.31. The first-order chi connectivity index (χ1) is 10.5. The summed E-state index contributed by atoms with van der Waals surface area (Å²) in [7, 11) is 1.58. The molecule has 0 amide bonds. The summed E-state index contributed by atoms with van der Waals surface area (Å²) in [5.74, 6) is -0.269.